The van der Waals surface area contributed by atoms with Gasteiger partial charge in [-0.15, -0.1) is 11.3 Å². The molecule has 1 saturated heterocycles. The van der Waals surface area contributed by atoms with E-state index in [-0.39, 0.29) is 11.8 Å². The van der Waals surface area contributed by atoms with E-state index in [0.29, 0.717) is 0 Å². The van der Waals surface area contributed by atoms with E-state index in [1.807, 2.05) is 29.8 Å². The highest BCUT2D eigenvalue weighted by atomic mass is 32.1. The summed E-state index contributed by atoms with van der Waals surface area (Å²) in [5, 5.41) is 2.95. The lowest BCUT2D eigenvalue weighted by molar-refractivity contribution is -0.115. The van der Waals surface area contributed by atoms with E-state index in [9.17, 15) is 4.79 Å². The Morgan fingerprint density at radius 2 is 2.00 bits per heavy atom. The van der Waals surface area contributed by atoms with Crippen LogP contribution in [0.2, 0.25) is 0 Å². The third-order valence-corrected chi connectivity index (χ3v) is 5.86. The largest absolute Gasteiger partial charge is 0.378 e. The molecule has 2 aromatic carbocycles. The second kappa shape index (κ2) is 6.75. The van der Waals surface area contributed by atoms with Crippen molar-refractivity contribution in [1.82, 2.24) is 4.98 Å². The number of aromatic nitrogens is 1. The number of ether oxygens (including phenoxy) is 1. The third-order valence-electron chi connectivity index (χ3n) is 4.99. The van der Waals surface area contributed by atoms with Gasteiger partial charge in [0.05, 0.1) is 34.6 Å². The predicted octanol–water partition coefficient (Wildman–Crippen LogP) is 3.57. The molecule has 2 aliphatic rings. The van der Waals surface area contributed by atoms with Crippen LogP contribution in [0.15, 0.2) is 46.9 Å². The number of rotatable bonds is 3. The number of carbonyl (C=O) groups excluding carboxylic acids is 1. The lowest BCUT2D eigenvalue weighted by Gasteiger charge is -2.28. The highest BCUT2D eigenvalue weighted by Gasteiger charge is 2.31. The normalized spacial score (nSPS) is 19.6. The average molecular weight is 378 g/mol. The SMILES string of the molecule is O=C1Nc2ccc3ncsc3c2C1C=Nc1ccc(N2CCOCC2)cc1. The van der Waals surface area contributed by atoms with Gasteiger partial charge in [-0.05, 0) is 36.4 Å². The number of carbonyl (C=O) groups is 1. The fourth-order valence-electron chi connectivity index (χ4n) is 3.58. The van der Waals surface area contributed by atoms with E-state index in [1.54, 1.807) is 17.6 Å². The lowest BCUT2D eigenvalue weighted by Crippen LogP contribution is -2.36. The van der Waals surface area contributed by atoms with E-state index < -0.39 is 0 Å². The van der Waals surface area contributed by atoms with Crippen molar-refractivity contribution in [3.63, 3.8) is 0 Å². The Labute approximate surface area is 160 Å². The number of amides is 1. The summed E-state index contributed by atoms with van der Waals surface area (Å²) >= 11 is 1.56. The molecule has 136 valence electrons. The number of aliphatic imine (C=N–C) groups is 1. The Balaban J connectivity index is 1.40. The first-order valence-electron chi connectivity index (χ1n) is 8.93. The molecule has 7 heteroatoms. The molecule has 1 aromatic heterocycles. The van der Waals surface area contributed by atoms with Crippen LogP contribution in [0.3, 0.4) is 0 Å². The number of anilines is 2. The summed E-state index contributed by atoms with van der Waals surface area (Å²) in [6.07, 6.45) is 1.74. The Morgan fingerprint density at radius 1 is 1.19 bits per heavy atom. The maximum absolute atomic E-state index is 12.4. The van der Waals surface area contributed by atoms with Crippen molar-refractivity contribution in [3.05, 3.63) is 47.5 Å². The molecule has 2 aliphatic heterocycles. The average Bonchev–Trinajstić information content (AvgIpc) is 3.31. The van der Waals surface area contributed by atoms with E-state index in [2.05, 4.69) is 32.3 Å². The van der Waals surface area contributed by atoms with Crippen molar-refractivity contribution < 1.29 is 9.53 Å². The van der Waals surface area contributed by atoms with Gasteiger partial charge in [0.25, 0.3) is 0 Å². The topological polar surface area (TPSA) is 66.8 Å². The van der Waals surface area contributed by atoms with Gasteiger partial charge >= 0.3 is 0 Å². The zero-order valence-corrected chi connectivity index (χ0v) is 15.4. The molecule has 6 nitrogen and oxygen atoms in total. The molecule has 0 saturated carbocycles. The van der Waals surface area contributed by atoms with Gasteiger partial charge in [0.15, 0.2) is 0 Å². The van der Waals surface area contributed by atoms with Gasteiger partial charge in [0, 0.05) is 36.2 Å². The summed E-state index contributed by atoms with van der Waals surface area (Å²) in [5.74, 6) is -0.428. The molecule has 3 aromatic rings. The number of hydrogen-bond donors (Lipinski definition) is 1. The standard InChI is InChI=1S/C20H18N4O2S/c25-20-15(18-16(23-20)5-6-17-19(18)27-12-22-17)11-21-13-1-3-14(4-2-13)24-7-9-26-10-8-24/h1-6,11-12,15H,7-10H2,(H,23,25). The molecule has 0 bridgehead atoms. The van der Waals surface area contributed by atoms with Gasteiger partial charge < -0.3 is 15.0 Å². The predicted molar refractivity (Wildman–Crippen MR) is 109 cm³/mol. The minimum Gasteiger partial charge on any atom is -0.378 e. The van der Waals surface area contributed by atoms with Gasteiger partial charge in [-0.25, -0.2) is 4.98 Å². The van der Waals surface area contributed by atoms with Crippen molar-refractivity contribution in [2.75, 3.05) is 36.5 Å². The number of benzene rings is 2. The molecule has 1 atom stereocenters. The van der Waals surface area contributed by atoms with Gasteiger partial charge in [-0.1, -0.05) is 0 Å². The zero-order chi connectivity index (χ0) is 18.2. The zero-order valence-electron chi connectivity index (χ0n) is 14.6. The van der Waals surface area contributed by atoms with Crippen LogP contribution in [0, 0.1) is 0 Å². The Hall–Kier alpha value is -2.77. The van der Waals surface area contributed by atoms with Crippen LogP contribution in [0.5, 0.6) is 0 Å². The van der Waals surface area contributed by atoms with Crippen LogP contribution in [0.25, 0.3) is 10.2 Å². The minimum absolute atomic E-state index is 0.0420. The summed E-state index contributed by atoms with van der Waals surface area (Å²) < 4.78 is 6.44. The minimum atomic E-state index is -0.386. The van der Waals surface area contributed by atoms with Crippen molar-refractivity contribution in [3.8, 4) is 0 Å². The Kier molecular flexibility index (Phi) is 4.10. The van der Waals surface area contributed by atoms with Crippen molar-refractivity contribution >= 4 is 50.7 Å². The maximum atomic E-state index is 12.4. The molecule has 1 N–H and O–H groups in total. The fourth-order valence-corrected chi connectivity index (χ4v) is 4.46. The van der Waals surface area contributed by atoms with E-state index in [1.165, 1.54) is 5.69 Å². The van der Waals surface area contributed by atoms with Crippen LogP contribution in [-0.4, -0.2) is 43.4 Å². The smallest absolute Gasteiger partial charge is 0.237 e. The van der Waals surface area contributed by atoms with Crippen LogP contribution in [0.1, 0.15) is 11.5 Å². The molecule has 0 spiro atoms. The van der Waals surface area contributed by atoms with Crippen LogP contribution >= 0.6 is 11.3 Å². The maximum Gasteiger partial charge on any atom is 0.237 e. The second-order valence-electron chi connectivity index (χ2n) is 6.59. The Bertz CT molecular complexity index is 1020. The van der Waals surface area contributed by atoms with Crippen molar-refractivity contribution in [1.29, 1.82) is 0 Å². The Morgan fingerprint density at radius 3 is 2.81 bits per heavy atom. The first-order valence-corrected chi connectivity index (χ1v) is 9.81. The summed E-state index contributed by atoms with van der Waals surface area (Å²) in [7, 11) is 0. The number of morpholine rings is 1. The van der Waals surface area contributed by atoms with Gasteiger partial charge in [0.1, 0.15) is 5.92 Å². The second-order valence-corrected chi connectivity index (χ2v) is 7.44. The number of thiazole rings is 1. The first-order chi connectivity index (χ1) is 13.3. The first kappa shape index (κ1) is 16.4. The van der Waals surface area contributed by atoms with Gasteiger partial charge in [-0.2, -0.15) is 0 Å². The molecule has 0 aliphatic carbocycles. The van der Waals surface area contributed by atoms with Gasteiger partial charge in [-0.3, -0.25) is 9.79 Å². The summed E-state index contributed by atoms with van der Waals surface area (Å²) in [6.45, 7) is 3.35. The van der Waals surface area contributed by atoms with Crippen LogP contribution in [0.4, 0.5) is 17.1 Å². The molecule has 1 fully saturated rings. The monoisotopic (exact) mass is 378 g/mol. The number of hydrogen-bond acceptors (Lipinski definition) is 6. The van der Waals surface area contributed by atoms with Gasteiger partial charge in [0.2, 0.25) is 5.91 Å². The number of nitrogens with one attached hydrogen (secondary N) is 1. The van der Waals surface area contributed by atoms with E-state index >= 15 is 0 Å². The summed E-state index contributed by atoms with van der Waals surface area (Å²) in [6, 6.07) is 12.0. The molecule has 3 heterocycles. The molecular weight excluding hydrogens is 360 g/mol. The van der Waals surface area contributed by atoms with E-state index in [0.717, 1.165) is 53.5 Å². The number of fused-ring (bicyclic) bond motifs is 3. The lowest BCUT2D eigenvalue weighted by atomic mass is 10.0. The molecule has 1 unspecified atom stereocenters. The van der Waals surface area contributed by atoms with Crippen LogP contribution < -0.4 is 10.2 Å². The molecule has 1 amide bonds. The summed E-state index contributed by atoms with van der Waals surface area (Å²) in [5.41, 5.74) is 6.58. The van der Waals surface area contributed by atoms with Crippen LogP contribution in [-0.2, 0) is 9.53 Å². The highest BCUT2D eigenvalue weighted by Crippen LogP contribution is 2.39. The fraction of sp³-hybridized carbons (Fsp3) is 0.250. The molecular formula is C20H18N4O2S. The molecule has 0 radical (unpaired) electrons. The third kappa shape index (κ3) is 2.98. The van der Waals surface area contributed by atoms with Crippen molar-refractivity contribution in [2.24, 2.45) is 4.99 Å². The molecule has 27 heavy (non-hydrogen) atoms. The number of nitrogens with zero attached hydrogens (tertiary/aromatic N) is 3. The molecule has 5 rings (SSSR count). The quantitative estimate of drug-likeness (QED) is 0.708. The van der Waals surface area contributed by atoms with Crippen molar-refractivity contribution in [2.45, 2.75) is 5.92 Å². The highest BCUT2D eigenvalue weighted by molar-refractivity contribution is 7.17. The van der Waals surface area contributed by atoms with E-state index in [4.69, 9.17) is 4.74 Å². The summed E-state index contributed by atoms with van der Waals surface area (Å²) in [4.78, 5) is 23.7.